The second kappa shape index (κ2) is 8.36. The fourth-order valence-electron chi connectivity index (χ4n) is 1.25. The van der Waals surface area contributed by atoms with Crippen LogP contribution in [0.15, 0.2) is 42.6 Å². The molecule has 2 N–H and O–H groups in total. The molecule has 5 nitrogen and oxygen atoms in total. The summed E-state index contributed by atoms with van der Waals surface area (Å²) in [4.78, 5) is 14.5. The van der Waals surface area contributed by atoms with Gasteiger partial charge in [-0.2, -0.15) is 0 Å². The number of rotatable bonds is 2. The smallest absolute Gasteiger partial charge is 0.465 e. The summed E-state index contributed by atoms with van der Waals surface area (Å²) in [5.74, 6) is -0.793. The monoisotopic (exact) mass is 311 g/mol. The first kappa shape index (κ1) is 17.1. The molecule has 0 saturated carbocycles. The summed E-state index contributed by atoms with van der Waals surface area (Å²) in [5, 5.41) is 17.5. The lowest BCUT2D eigenvalue weighted by Gasteiger charge is -1.96. The summed E-state index contributed by atoms with van der Waals surface area (Å²) in [7, 11) is -0.197. The van der Waals surface area contributed by atoms with E-state index in [2.05, 4.69) is 9.72 Å². The molecular weight excluding hydrogens is 299 g/mol. The maximum Gasteiger partial charge on any atom is 0.488 e. The van der Waals surface area contributed by atoms with Crippen molar-refractivity contribution in [1.29, 1.82) is 0 Å². The quantitative estimate of drug-likeness (QED) is 0.492. The van der Waals surface area contributed by atoms with Crippen LogP contribution in [-0.2, 0) is 4.74 Å². The van der Waals surface area contributed by atoms with Crippen LogP contribution in [-0.4, -0.2) is 35.2 Å². The van der Waals surface area contributed by atoms with Gasteiger partial charge in [-0.15, -0.1) is 0 Å². The highest BCUT2D eigenvalue weighted by Gasteiger charge is 2.09. The number of hydrogen-bond acceptors (Lipinski definition) is 5. The second-order valence-corrected chi connectivity index (χ2v) is 4.17. The summed E-state index contributed by atoms with van der Waals surface area (Å²) in [6.45, 7) is 0. The molecule has 1 aromatic heterocycles. The molecule has 0 unspecified atom stereocenters. The molecule has 21 heavy (non-hydrogen) atoms. The Morgan fingerprint density at radius 1 is 1.24 bits per heavy atom. The molecule has 0 radical (unpaired) electrons. The van der Waals surface area contributed by atoms with E-state index in [0.717, 1.165) is 0 Å². The third-order valence-corrected chi connectivity index (χ3v) is 2.54. The van der Waals surface area contributed by atoms with Crippen LogP contribution in [0.2, 0.25) is 5.15 Å². The molecule has 110 valence electrons. The molecule has 0 fully saturated rings. The van der Waals surface area contributed by atoms with Crippen molar-refractivity contribution in [2.24, 2.45) is 0 Å². The average Bonchev–Trinajstić information content (AvgIpc) is 2.48. The van der Waals surface area contributed by atoms with Gasteiger partial charge in [0.25, 0.3) is 0 Å². The number of nitrogens with zero attached hydrogens (tertiary/aromatic N) is 1. The summed E-state index contributed by atoms with van der Waals surface area (Å²) >= 11 is 5.50. The molecule has 0 spiro atoms. The van der Waals surface area contributed by atoms with Gasteiger partial charge in [0.05, 0.1) is 12.7 Å². The van der Waals surface area contributed by atoms with Crippen molar-refractivity contribution in [1.82, 2.24) is 4.98 Å². The fraction of sp³-hybridized carbons (Fsp3) is 0.0769. The van der Waals surface area contributed by atoms with Gasteiger partial charge in [-0.1, -0.05) is 23.7 Å². The highest BCUT2D eigenvalue weighted by molar-refractivity contribution is 6.58. The predicted molar refractivity (Wildman–Crippen MR) is 76.8 cm³/mol. The lowest BCUT2D eigenvalue weighted by Crippen LogP contribution is -2.29. The van der Waals surface area contributed by atoms with E-state index in [1.165, 1.54) is 43.6 Å². The minimum atomic E-state index is -1.51. The number of carbonyl (C=O) groups is 1. The Morgan fingerprint density at radius 2 is 1.86 bits per heavy atom. The SMILES string of the molecule is COC(=O)c1ccc(Cl)nc1.OB(O)c1ccc(F)cc1. The Balaban J connectivity index is 0.000000211. The van der Waals surface area contributed by atoms with E-state index in [-0.39, 0.29) is 5.82 Å². The van der Waals surface area contributed by atoms with Crippen LogP contribution in [0.5, 0.6) is 0 Å². The molecule has 1 aromatic carbocycles. The highest BCUT2D eigenvalue weighted by atomic mass is 35.5. The molecule has 1 heterocycles. The van der Waals surface area contributed by atoms with Crippen LogP contribution in [0.25, 0.3) is 0 Å². The van der Waals surface area contributed by atoms with Gasteiger partial charge in [0.15, 0.2) is 0 Å². The minimum absolute atomic E-state index is 0.293. The van der Waals surface area contributed by atoms with E-state index >= 15 is 0 Å². The lowest BCUT2D eigenvalue weighted by atomic mass is 9.80. The zero-order chi connectivity index (χ0) is 15.8. The summed E-state index contributed by atoms with van der Waals surface area (Å²) < 4.78 is 16.6. The summed E-state index contributed by atoms with van der Waals surface area (Å²) in [6, 6.07) is 8.08. The molecule has 0 bridgehead atoms. The third kappa shape index (κ3) is 5.91. The molecule has 0 aliphatic carbocycles. The van der Waals surface area contributed by atoms with Gasteiger partial charge in [0, 0.05) is 6.20 Å². The number of pyridine rings is 1. The van der Waals surface area contributed by atoms with Crippen LogP contribution in [0.3, 0.4) is 0 Å². The second-order valence-electron chi connectivity index (χ2n) is 3.79. The van der Waals surface area contributed by atoms with Crippen LogP contribution in [0.4, 0.5) is 4.39 Å². The Kier molecular flexibility index (Phi) is 6.80. The van der Waals surface area contributed by atoms with Gasteiger partial charge in [0.1, 0.15) is 11.0 Å². The molecule has 0 atom stereocenters. The lowest BCUT2D eigenvalue weighted by molar-refractivity contribution is 0.0600. The van der Waals surface area contributed by atoms with Crippen molar-refractivity contribution >= 4 is 30.2 Å². The largest absolute Gasteiger partial charge is 0.488 e. The van der Waals surface area contributed by atoms with E-state index in [9.17, 15) is 9.18 Å². The van der Waals surface area contributed by atoms with Gasteiger partial charge >= 0.3 is 13.1 Å². The standard InChI is InChI=1S/C7H6ClNO2.C6H6BFO2/c1-11-7(10)5-2-3-6(8)9-4-5;8-6-3-1-5(2-4-6)7(9)10/h2-4H,1H3;1-4,9-10H. The third-order valence-electron chi connectivity index (χ3n) is 2.32. The van der Waals surface area contributed by atoms with Gasteiger partial charge in [-0.3, -0.25) is 0 Å². The summed E-state index contributed by atoms with van der Waals surface area (Å²) in [6.07, 6.45) is 1.37. The van der Waals surface area contributed by atoms with Crippen LogP contribution >= 0.6 is 11.6 Å². The van der Waals surface area contributed by atoms with Crippen molar-refractivity contribution in [2.45, 2.75) is 0 Å². The van der Waals surface area contributed by atoms with Crippen molar-refractivity contribution in [3.8, 4) is 0 Å². The first-order chi connectivity index (χ1) is 9.93. The Morgan fingerprint density at radius 3 is 2.29 bits per heavy atom. The summed E-state index contributed by atoms with van der Waals surface area (Å²) in [5.41, 5.74) is 0.693. The molecular formula is C13H12BClFNO4. The number of esters is 1. The first-order valence-corrected chi connectivity index (χ1v) is 6.13. The van der Waals surface area contributed by atoms with E-state index in [1.54, 1.807) is 6.07 Å². The topological polar surface area (TPSA) is 79.7 Å². The van der Waals surface area contributed by atoms with Crippen molar-refractivity contribution in [3.63, 3.8) is 0 Å². The van der Waals surface area contributed by atoms with Gasteiger partial charge < -0.3 is 14.8 Å². The van der Waals surface area contributed by atoms with E-state index in [4.69, 9.17) is 21.6 Å². The predicted octanol–water partition coefficient (Wildman–Crippen LogP) is 1.03. The molecule has 2 rings (SSSR count). The van der Waals surface area contributed by atoms with E-state index in [0.29, 0.717) is 16.2 Å². The Hall–Kier alpha value is -1.96. The number of aromatic nitrogens is 1. The van der Waals surface area contributed by atoms with Gasteiger partial charge in [0.2, 0.25) is 0 Å². The fourth-order valence-corrected chi connectivity index (χ4v) is 1.36. The van der Waals surface area contributed by atoms with Crippen molar-refractivity contribution < 1.29 is 24.0 Å². The molecule has 0 amide bonds. The van der Waals surface area contributed by atoms with E-state index < -0.39 is 13.1 Å². The van der Waals surface area contributed by atoms with Gasteiger partial charge in [-0.25, -0.2) is 14.2 Å². The molecule has 0 saturated heterocycles. The maximum absolute atomic E-state index is 12.2. The molecule has 0 aliphatic heterocycles. The number of halogens is 2. The van der Waals surface area contributed by atoms with Crippen LogP contribution < -0.4 is 5.46 Å². The Bertz CT molecular complexity index is 578. The number of benzene rings is 1. The molecule has 2 aromatic rings. The highest BCUT2D eigenvalue weighted by Crippen LogP contribution is 2.05. The Labute approximate surface area is 126 Å². The average molecular weight is 312 g/mol. The maximum atomic E-state index is 12.2. The van der Waals surface area contributed by atoms with Crippen molar-refractivity contribution in [3.05, 3.63) is 59.1 Å². The van der Waals surface area contributed by atoms with E-state index in [1.807, 2.05) is 0 Å². The zero-order valence-corrected chi connectivity index (χ0v) is 11.8. The van der Waals surface area contributed by atoms with Gasteiger partial charge in [-0.05, 0) is 29.7 Å². The number of ether oxygens (including phenoxy) is 1. The first-order valence-electron chi connectivity index (χ1n) is 5.75. The molecule has 0 aliphatic rings. The van der Waals surface area contributed by atoms with Crippen LogP contribution in [0, 0.1) is 5.82 Å². The van der Waals surface area contributed by atoms with Crippen molar-refractivity contribution in [2.75, 3.05) is 7.11 Å². The normalized spacial score (nSPS) is 9.38. The minimum Gasteiger partial charge on any atom is -0.465 e. The number of methoxy groups -OCH3 is 1. The van der Waals surface area contributed by atoms with Crippen LogP contribution in [0.1, 0.15) is 10.4 Å². The number of hydrogen-bond donors (Lipinski definition) is 2. The molecule has 8 heteroatoms. The number of carbonyl (C=O) groups excluding carboxylic acids is 1. The zero-order valence-electron chi connectivity index (χ0n) is 11.0.